The number of carbonyl (C=O) groups excluding carboxylic acids is 1. The molecular weight excluding hydrogens is 329 g/mol. The molecule has 0 spiro atoms. The SMILES string of the molecule is CCC(C)(CCO)NC(=O)c1ccccc1I. The number of carbonyl (C=O) groups is 1. The smallest absolute Gasteiger partial charge is 0.252 e. The summed E-state index contributed by atoms with van der Waals surface area (Å²) >= 11 is 2.15. The summed E-state index contributed by atoms with van der Waals surface area (Å²) in [5.41, 5.74) is 0.343. The molecule has 4 heteroatoms. The Labute approximate surface area is 116 Å². The van der Waals surface area contributed by atoms with E-state index in [1.54, 1.807) is 0 Å². The Kier molecular flexibility index (Phi) is 5.39. The van der Waals surface area contributed by atoms with Gasteiger partial charge in [-0.1, -0.05) is 19.1 Å². The van der Waals surface area contributed by atoms with Crippen molar-refractivity contribution >= 4 is 28.5 Å². The summed E-state index contributed by atoms with van der Waals surface area (Å²) in [6, 6.07) is 7.48. The van der Waals surface area contributed by atoms with Gasteiger partial charge in [-0.05, 0) is 54.5 Å². The first-order chi connectivity index (χ1) is 8.02. The van der Waals surface area contributed by atoms with Gasteiger partial charge < -0.3 is 10.4 Å². The Bertz CT molecular complexity index is 395. The van der Waals surface area contributed by atoms with Gasteiger partial charge in [-0.25, -0.2) is 0 Å². The molecule has 2 N–H and O–H groups in total. The first kappa shape index (κ1) is 14.4. The number of halogens is 1. The molecule has 94 valence electrons. The second-order valence-electron chi connectivity index (χ2n) is 4.32. The summed E-state index contributed by atoms with van der Waals surface area (Å²) in [5.74, 6) is -0.0761. The third kappa shape index (κ3) is 3.96. The first-order valence-electron chi connectivity index (χ1n) is 5.70. The molecule has 0 fully saturated rings. The molecule has 0 bridgehead atoms. The number of hydrogen-bond donors (Lipinski definition) is 2. The third-order valence-corrected chi connectivity index (χ3v) is 3.92. The molecule has 1 aromatic rings. The lowest BCUT2D eigenvalue weighted by atomic mass is 9.94. The summed E-state index contributed by atoms with van der Waals surface area (Å²) in [6.07, 6.45) is 1.36. The molecule has 0 aliphatic rings. The lowest BCUT2D eigenvalue weighted by Gasteiger charge is -2.29. The summed E-state index contributed by atoms with van der Waals surface area (Å²) in [4.78, 5) is 12.1. The van der Waals surface area contributed by atoms with Crippen LogP contribution >= 0.6 is 22.6 Å². The number of amides is 1. The predicted octanol–water partition coefficient (Wildman–Crippen LogP) is 2.57. The lowest BCUT2D eigenvalue weighted by molar-refractivity contribution is 0.0885. The van der Waals surface area contributed by atoms with Crippen molar-refractivity contribution in [2.45, 2.75) is 32.2 Å². The topological polar surface area (TPSA) is 49.3 Å². The van der Waals surface area contributed by atoms with Crippen LogP contribution in [0.4, 0.5) is 0 Å². The van der Waals surface area contributed by atoms with Crippen LogP contribution in [0.5, 0.6) is 0 Å². The number of aliphatic hydroxyl groups is 1. The maximum absolute atomic E-state index is 12.1. The van der Waals surface area contributed by atoms with Crippen LogP contribution in [0.2, 0.25) is 0 Å². The molecule has 1 amide bonds. The minimum Gasteiger partial charge on any atom is -0.396 e. The molecule has 3 nitrogen and oxygen atoms in total. The van der Waals surface area contributed by atoms with Gasteiger partial charge in [-0.3, -0.25) is 4.79 Å². The number of benzene rings is 1. The van der Waals surface area contributed by atoms with Crippen molar-refractivity contribution in [2.24, 2.45) is 0 Å². The second-order valence-corrected chi connectivity index (χ2v) is 5.48. The van der Waals surface area contributed by atoms with Crippen molar-refractivity contribution in [3.05, 3.63) is 33.4 Å². The Morgan fingerprint density at radius 3 is 2.65 bits per heavy atom. The molecule has 0 radical (unpaired) electrons. The Morgan fingerprint density at radius 2 is 2.12 bits per heavy atom. The van der Waals surface area contributed by atoms with E-state index in [9.17, 15) is 4.79 Å². The highest BCUT2D eigenvalue weighted by Crippen LogP contribution is 2.17. The molecule has 0 aliphatic carbocycles. The summed E-state index contributed by atoms with van der Waals surface area (Å²) in [6.45, 7) is 4.04. The van der Waals surface area contributed by atoms with E-state index in [0.29, 0.717) is 12.0 Å². The van der Waals surface area contributed by atoms with E-state index in [1.165, 1.54) is 0 Å². The fourth-order valence-corrected chi connectivity index (χ4v) is 2.19. The lowest BCUT2D eigenvalue weighted by Crippen LogP contribution is -2.46. The predicted molar refractivity (Wildman–Crippen MR) is 77.0 cm³/mol. The highest BCUT2D eigenvalue weighted by atomic mass is 127. The quantitative estimate of drug-likeness (QED) is 0.805. The van der Waals surface area contributed by atoms with E-state index < -0.39 is 0 Å². The van der Waals surface area contributed by atoms with E-state index >= 15 is 0 Å². The van der Waals surface area contributed by atoms with Crippen LogP contribution < -0.4 is 5.32 Å². The van der Waals surface area contributed by atoms with Gasteiger partial charge in [0.1, 0.15) is 0 Å². The Hall–Kier alpha value is -0.620. The summed E-state index contributed by atoms with van der Waals surface area (Å²) in [7, 11) is 0. The Balaban J connectivity index is 2.82. The maximum atomic E-state index is 12.1. The van der Waals surface area contributed by atoms with Crippen LogP contribution in [0.15, 0.2) is 24.3 Å². The van der Waals surface area contributed by atoms with E-state index in [2.05, 4.69) is 27.9 Å². The molecular formula is C13H18INO2. The van der Waals surface area contributed by atoms with Crippen LogP contribution in [0, 0.1) is 3.57 Å². The van der Waals surface area contributed by atoms with Gasteiger partial charge in [0, 0.05) is 15.7 Å². The molecule has 0 aromatic heterocycles. The van der Waals surface area contributed by atoms with Crippen LogP contribution in [0.3, 0.4) is 0 Å². The largest absolute Gasteiger partial charge is 0.396 e. The maximum Gasteiger partial charge on any atom is 0.252 e. The second kappa shape index (κ2) is 6.35. The third-order valence-electron chi connectivity index (χ3n) is 2.98. The minimum atomic E-state index is -0.343. The van der Waals surface area contributed by atoms with E-state index in [4.69, 9.17) is 5.11 Å². The first-order valence-corrected chi connectivity index (χ1v) is 6.78. The molecule has 1 rings (SSSR count). The van der Waals surface area contributed by atoms with Gasteiger partial charge in [0.25, 0.3) is 5.91 Å². The summed E-state index contributed by atoms with van der Waals surface area (Å²) < 4.78 is 0.935. The van der Waals surface area contributed by atoms with Crippen molar-refractivity contribution in [3.63, 3.8) is 0 Å². The van der Waals surface area contributed by atoms with Crippen molar-refractivity contribution in [2.75, 3.05) is 6.61 Å². The Morgan fingerprint density at radius 1 is 1.47 bits per heavy atom. The minimum absolute atomic E-state index is 0.0761. The zero-order chi connectivity index (χ0) is 12.9. The molecule has 0 aliphatic heterocycles. The van der Waals surface area contributed by atoms with Crippen LogP contribution in [-0.4, -0.2) is 23.2 Å². The molecule has 1 aromatic carbocycles. The van der Waals surface area contributed by atoms with Crippen molar-refractivity contribution in [3.8, 4) is 0 Å². The van der Waals surface area contributed by atoms with Crippen molar-refractivity contribution in [1.29, 1.82) is 0 Å². The summed E-state index contributed by atoms with van der Waals surface area (Å²) in [5, 5.41) is 12.0. The van der Waals surface area contributed by atoms with E-state index in [-0.39, 0.29) is 18.1 Å². The number of aliphatic hydroxyl groups excluding tert-OH is 1. The fourth-order valence-electron chi connectivity index (χ4n) is 1.56. The van der Waals surface area contributed by atoms with Crippen LogP contribution in [0.1, 0.15) is 37.0 Å². The van der Waals surface area contributed by atoms with Crippen molar-refractivity contribution < 1.29 is 9.90 Å². The highest BCUT2D eigenvalue weighted by Gasteiger charge is 2.24. The normalized spacial score (nSPS) is 14.1. The van der Waals surface area contributed by atoms with Gasteiger partial charge in [0.05, 0.1) is 5.56 Å². The molecule has 1 atom stereocenters. The average Bonchev–Trinajstić information content (AvgIpc) is 2.29. The van der Waals surface area contributed by atoms with Gasteiger partial charge in [-0.2, -0.15) is 0 Å². The molecule has 0 saturated heterocycles. The van der Waals surface area contributed by atoms with Crippen LogP contribution in [-0.2, 0) is 0 Å². The van der Waals surface area contributed by atoms with Crippen LogP contribution in [0.25, 0.3) is 0 Å². The van der Waals surface area contributed by atoms with E-state index in [0.717, 1.165) is 9.99 Å². The van der Waals surface area contributed by atoms with Gasteiger partial charge >= 0.3 is 0 Å². The van der Waals surface area contributed by atoms with Gasteiger partial charge in [-0.15, -0.1) is 0 Å². The number of nitrogens with one attached hydrogen (secondary N) is 1. The van der Waals surface area contributed by atoms with Crippen molar-refractivity contribution in [1.82, 2.24) is 5.32 Å². The highest BCUT2D eigenvalue weighted by molar-refractivity contribution is 14.1. The molecule has 0 heterocycles. The zero-order valence-electron chi connectivity index (χ0n) is 10.2. The molecule has 0 saturated carbocycles. The standard InChI is InChI=1S/C13H18INO2/c1-3-13(2,8-9-16)15-12(17)10-6-4-5-7-11(10)14/h4-7,16H,3,8-9H2,1-2H3,(H,15,17). The van der Waals surface area contributed by atoms with E-state index in [1.807, 2.05) is 38.1 Å². The number of hydrogen-bond acceptors (Lipinski definition) is 2. The monoisotopic (exact) mass is 347 g/mol. The fraction of sp³-hybridized carbons (Fsp3) is 0.462. The van der Waals surface area contributed by atoms with Gasteiger partial charge in [0.15, 0.2) is 0 Å². The molecule has 17 heavy (non-hydrogen) atoms. The zero-order valence-corrected chi connectivity index (χ0v) is 12.3. The van der Waals surface area contributed by atoms with Gasteiger partial charge in [0.2, 0.25) is 0 Å². The number of rotatable bonds is 5. The molecule has 1 unspecified atom stereocenters. The average molecular weight is 347 g/mol.